The van der Waals surface area contributed by atoms with Gasteiger partial charge in [-0.05, 0) is 0 Å². The molecule has 1 aromatic rings. The number of aromatic nitrogens is 1. The van der Waals surface area contributed by atoms with Crippen molar-refractivity contribution in [2.75, 3.05) is 0 Å². The van der Waals surface area contributed by atoms with E-state index in [1.54, 1.807) is 3.71 Å². The molecule has 0 aliphatic heterocycles. The molecule has 0 aromatic carbocycles. The van der Waals surface area contributed by atoms with Crippen LogP contribution in [0.25, 0.3) is 0 Å². The van der Waals surface area contributed by atoms with E-state index in [0.717, 1.165) is 12.8 Å². The average Bonchev–Trinajstić information content (AvgIpc) is 2.60. The normalized spacial score (nSPS) is 11.9. The van der Waals surface area contributed by atoms with E-state index < -0.39 is 18.4 Å². The SMILES string of the molecule is CCC[CH2][Sn]([CH2]CCC)([CH2]CCC)[c]1cc(CC)cc(CC)n1. The summed E-state index contributed by atoms with van der Waals surface area (Å²) in [6, 6.07) is 4.87. The van der Waals surface area contributed by atoms with Crippen molar-refractivity contribution in [2.45, 2.75) is 99.3 Å². The van der Waals surface area contributed by atoms with Crippen LogP contribution < -0.4 is 3.71 Å². The Morgan fingerprint density at radius 1 is 0.739 bits per heavy atom. The Hall–Kier alpha value is -0.0513. The number of rotatable bonds is 12. The van der Waals surface area contributed by atoms with Gasteiger partial charge in [0.1, 0.15) is 0 Å². The van der Waals surface area contributed by atoms with Crippen LogP contribution in [0, 0.1) is 0 Å². The summed E-state index contributed by atoms with van der Waals surface area (Å²) < 4.78 is 6.18. The summed E-state index contributed by atoms with van der Waals surface area (Å²) in [6.07, 6.45) is 10.5. The van der Waals surface area contributed by atoms with Gasteiger partial charge in [0.05, 0.1) is 0 Å². The Morgan fingerprint density at radius 2 is 1.26 bits per heavy atom. The fraction of sp³-hybridized carbons (Fsp3) is 0.762. The van der Waals surface area contributed by atoms with Crippen molar-refractivity contribution in [3.8, 4) is 0 Å². The second-order valence-electron chi connectivity index (χ2n) is 7.15. The molecular formula is C21H39NSn. The number of nitrogens with zero attached hydrogens (tertiary/aromatic N) is 1. The molecule has 2 heteroatoms. The Morgan fingerprint density at radius 3 is 1.65 bits per heavy atom. The van der Waals surface area contributed by atoms with Gasteiger partial charge in [-0.2, -0.15) is 0 Å². The average molecular weight is 424 g/mol. The molecule has 0 radical (unpaired) electrons. The zero-order valence-corrected chi connectivity index (χ0v) is 19.2. The summed E-state index contributed by atoms with van der Waals surface area (Å²) in [5.41, 5.74) is 2.86. The predicted molar refractivity (Wildman–Crippen MR) is 108 cm³/mol. The quantitative estimate of drug-likeness (QED) is 0.361. The van der Waals surface area contributed by atoms with Gasteiger partial charge < -0.3 is 0 Å². The fourth-order valence-corrected chi connectivity index (χ4v) is 19.3. The molecule has 0 unspecified atom stereocenters. The zero-order chi connectivity index (χ0) is 17.1. The molecule has 0 bridgehead atoms. The molecule has 0 saturated carbocycles. The van der Waals surface area contributed by atoms with E-state index in [-0.39, 0.29) is 0 Å². The van der Waals surface area contributed by atoms with Crippen molar-refractivity contribution in [1.29, 1.82) is 0 Å². The van der Waals surface area contributed by atoms with Crippen LogP contribution in [0.1, 0.15) is 84.4 Å². The van der Waals surface area contributed by atoms with Crippen LogP contribution in [0.3, 0.4) is 0 Å². The van der Waals surface area contributed by atoms with E-state index in [2.05, 4.69) is 46.8 Å². The molecule has 1 aromatic heterocycles. The van der Waals surface area contributed by atoms with Crippen molar-refractivity contribution in [3.63, 3.8) is 0 Å². The molecule has 1 rings (SSSR count). The third kappa shape index (κ3) is 6.40. The first-order valence-electron chi connectivity index (χ1n) is 10.2. The van der Waals surface area contributed by atoms with Crippen LogP contribution in [0.2, 0.25) is 13.3 Å². The van der Waals surface area contributed by atoms with Crippen molar-refractivity contribution in [1.82, 2.24) is 4.98 Å². The molecule has 0 N–H and O–H groups in total. The summed E-state index contributed by atoms with van der Waals surface area (Å²) in [7, 11) is 0. The van der Waals surface area contributed by atoms with Gasteiger partial charge in [0.15, 0.2) is 0 Å². The van der Waals surface area contributed by atoms with Gasteiger partial charge in [-0.1, -0.05) is 0 Å². The molecule has 0 fully saturated rings. The Labute approximate surface area is 149 Å². The molecule has 1 nitrogen and oxygen atoms in total. The molecule has 1 heterocycles. The third-order valence-electron chi connectivity index (χ3n) is 5.28. The van der Waals surface area contributed by atoms with Gasteiger partial charge in [-0.25, -0.2) is 0 Å². The van der Waals surface area contributed by atoms with Crippen LogP contribution in [0.4, 0.5) is 0 Å². The van der Waals surface area contributed by atoms with Gasteiger partial charge in [0, 0.05) is 0 Å². The Bertz CT molecular complexity index is 397. The van der Waals surface area contributed by atoms with Gasteiger partial charge in [-0.3, -0.25) is 0 Å². The van der Waals surface area contributed by atoms with E-state index in [4.69, 9.17) is 4.98 Å². The third-order valence-corrected chi connectivity index (χ3v) is 20.3. The molecule has 0 saturated heterocycles. The second kappa shape index (κ2) is 11.5. The number of aryl methyl sites for hydroxylation is 2. The first kappa shape index (κ1) is 21.0. The number of hydrogen-bond acceptors (Lipinski definition) is 1. The molecule has 132 valence electrons. The first-order chi connectivity index (χ1) is 11.2. The Balaban J connectivity index is 3.26. The van der Waals surface area contributed by atoms with Gasteiger partial charge in [-0.15, -0.1) is 0 Å². The van der Waals surface area contributed by atoms with E-state index in [1.807, 2.05) is 0 Å². The van der Waals surface area contributed by atoms with Crippen LogP contribution in [0.15, 0.2) is 12.1 Å². The van der Waals surface area contributed by atoms with Crippen molar-refractivity contribution >= 4 is 22.1 Å². The number of hydrogen-bond donors (Lipinski definition) is 0. The Kier molecular flexibility index (Phi) is 10.5. The minimum atomic E-state index is -2.34. The summed E-state index contributed by atoms with van der Waals surface area (Å²) in [6.45, 7) is 11.6. The van der Waals surface area contributed by atoms with Crippen LogP contribution in [-0.2, 0) is 12.8 Å². The minimum absolute atomic E-state index is 1.08. The van der Waals surface area contributed by atoms with E-state index in [0.29, 0.717) is 0 Å². The summed E-state index contributed by atoms with van der Waals surface area (Å²) in [5, 5.41) is 0. The van der Waals surface area contributed by atoms with Crippen molar-refractivity contribution < 1.29 is 0 Å². The molecule has 0 atom stereocenters. The molecular weight excluding hydrogens is 385 g/mol. The number of pyridine rings is 1. The monoisotopic (exact) mass is 425 g/mol. The second-order valence-corrected chi connectivity index (χ2v) is 20.2. The van der Waals surface area contributed by atoms with Gasteiger partial charge >= 0.3 is 150 Å². The van der Waals surface area contributed by atoms with Crippen LogP contribution >= 0.6 is 0 Å². The topological polar surface area (TPSA) is 12.9 Å². The molecule has 23 heavy (non-hydrogen) atoms. The van der Waals surface area contributed by atoms with Crippen LogP contribution in [-0.4, -0.2) is 23.4 Å². The standard InChI is InChI=1S/C9H12N.3C4H9.Sn/c1-3-8-5-6-10-9(4-2)7-8;3*1-3-4-2;/h5,7H,3-4H2,1-2H3;3*1,3-4H2,2H3;. The van der Waals surface area contributed by atoms with E-state index >= 15 is 0 Å². The first-order valence-corrected chi connectivity index (χ1v) is 17.6. The van der Waals surface area contributed by atoms with Crippen molar-refractivity contribution in [3.05, 3.63) is 23.4 Å². The molecule has 0 aliphatic rings. The zero-order valence-electron chi connectivity index (χ0n) is 16.4. The van der Waals surface area contributed by atoms with Crippen molar-refractivity contribution in [2.24, 2.45) is 0 Å². The summed E-state index contributed by atoms with van der Waals surface area (Å²) in [4.78, 5) is 5.22. The van der Waals surface area contributed by atoms with Gasteiger partial charge in [0.2, 0.25) is 0 Å². The van der Waals surface area contributed by atoms with E-state index in [1.165, 1.54) is 63.1 Å². The maximum absolute atomic E-state index is 5.22. The fourth-order valence-electron chi connectivity index (χ4n) is 3.61. The molecule has 0 amide bonds. The predicted octanol–water partition coefficient (Wildman–Crippen LogP) is 6.26. The van der Waals surface area contributed by atoms with E-state index in [9.17, 15) is 0 Å². The molecule has 0 aliphatic carbocycles. The number of unbranched alkanes of at least 4 members (excludes halogenated alkanes) is 3. The van der Waals surface area contributed by atoms with Gasteiger partial charge in [0.25, 0.3) is 0 Å². The van der Waals surface area contributed by atoms with Crippen LogP contribution in [0.5, 0.6) is 0 Å². The summed E-state index contributed by atoms with van der Waals surface area (Å²) in [5.74, 6) is 0. The maximum atomic E-state index is 5.22. The summed E-state index contributed by atoms with van der Waals surface area (Å²) >= 11 is -2.34. The molecule has 0 spiro atoms.